The minimum Gasteiger partial charge on any atom is -0.589 e. The first-order chi connectivity index (χ1) is 19.9. The minimum absolute atomic E-state index is 0. The third kappa shape index (κ3) is 8.01. The van der Waals surface area contributed by atoms with Crippen LogP contribution in [0, 0.1) is 0 Å². The molecular formula is C34H36AlO7. The fourth-order valence-electron chi connectivity index (χ4n) is 4.73. The van der Waals surface area contributed by atoms with E-state index in [-0.39, 0.29) is 5.48 Å². The summed E-state index contributed by atoms with van der Waals surface area (Å²) in [5.74, 6) is 0.867. The van der Waals surface area contributed by atoms with Gasteiger partial charge in [-0.05, 0) is 85.3 Å². The van der Waals surface area contributed by atoms with Gasteiger partial charge in [0.2, 0.25) is 0 Å². The smallest absolute Gasteiger partial charge is 0.589 e. The van der Waals surface area contributed by atoms with Crippen molar-refractivity contribution in [2.45, 2.75) is 52.4 Å². The Labute approximate surface area is 254 Å². The van der Waals surface area contributed by atoms with Crippen molar-refractivity contribution >= 4 is 27.8 Å². The second-order valence-electron chi connectivity index (χ2n) is 9.60. The van der Waals surface area contributed by atoms with Gasteiger partial charge in [0, 0.05) is 0 Å². The quantitative estimate of drug-likeness (QED) is 0.165. The van der Waals surface area contributed by atoms with Gasteiger partial charge in [-0.1, -0.05) is 74.5 Å². The zero-order valence-corrected chi connectivity index (χ0v) is 25.5. The molecule has 0 aromatic heterocycles. The van der Waals surface area contributed by atoms with E-state index in [1.165, 1.54) is 0 Å². The third-order valence-electron chi connectivity index (χ3n) is 6.96. The fourth-order valence-corrected chi connectivity index (χ4v) is 5.38. The Hall–Kier alpha value is -4.09. The zero-order chi connectivity index (χ0) is 29.2. The normalized spacial score (nSPS) is 11.8. The summed E-state index contributed by atoms with van der Waals surface area (Å²) in [6.45, 7) is 7.62. The number of para-hydroxylation sites is 2. The van der Waals surface area contributed by atoms with E-state index in [0.717, 1.165) is 33.8 Å². The van der Waals surface area contributed by atoms with E-state index in [9.17, 15) is 9.59 Å². The number of benzene rings is 4. The Bertz CT molecular complexity index is 1350. The van der Waals surface area contributed by atoms with E-state index in [2.05, 4.69) is 0 Å². The van der Waals surface area contributed by atoms with Crippen molar-refractivity contribution in [3.05, 3.63) is 119 Å². The van der Waals surface area contributed by atoms with Crippen molar-refractivity contribution < 1.29 is 32.1 Å². The van der Waals surface area contributed by atoms with Crippen molar-refractivity contribution in [3.63, 3.8) is 0 Å². The van der Waals surface area contributed by atoms with Crippen LogP contribution in [-0.2, 0) is 30.0 Å². The summed E-state index contributed by atoms with van der Waals surface area (Å²) in [6, 6.07) is 30.4. The maximum absolute atomic E-state index is 13.0. The average molecular weight is 584 g/mol. The first-order valence-electron chi connectivity index (χ1n) is 13.8. The molecular weight excluding hydrogens is 547 g/mol. The van der Waals surface area contributed by atoms with Gasteiger partial charge in [0.05, 0.1) is 11.8 Å². The summed E-state index contributed by atoms with van der Waals surface area (Å²) in [7, 11) is 0. The lowest BCUT2D eigenvalue weighted by atomic mass is 9.93. The number of ether oxygens (including phenoxy) is 2. The van der Waals surface area contributed by atoms with Gasteiger partial charge < -0.3 is 22.5 Å². The highest BCUT2D eigenvalue weighted by atomic mass is 27.2. The lowest BCUT2D eigenvalue weighted by molar-refractivity contribution is -0.140. The van der Waals surface area contributed by atoms with Crippen LogP contribution in [-0.4, -0.2) is 33.3 Å². The minimum atomic E-state index is -1.32. The van der Waals surface area contributed by atoms with Crippen molar-refractivity contribution in [2.24, 2.45) is 0 Å². The molecule has 0 heterocycles. The van der Waals surface area contributed by atoms with Gasteiger partial charge in [0.25, 0.3) is 11.9 Å². The van der Waals surface area contributed by atoms with E-state index in [1.807, 2.05) is 111 Å². The molecule has 7 nitrogen and oxygen atoms in total. The number of rotatable bonds is 12. The van der Waals surface area contributed by atoms with Crippen LogP contribution in [0.1, 0.15) is 61.8 Å². The molecule has 4 rings (SSSR count). The second-order valence-corrected chi connectivity index (χ2v) is 10.3. The van der Waals surface area contributed by atoms with E-state index >= 15 is 0 Å². The molecule has 0 spiro atoms. The van der Waals surface area contributed by atoms with E-state index < -0.39 is 39.7 Å². The average Bonchev–Trinajstić information content (AvgIpc) is 3.01. The van der Waals surface area contributed by atoms with Crippen molar-refractivity contribution in [3.8, 4) is 23.0 Å². The van der Waals surface area contributed by atoms with E-state index in [1.54, 1.807) is 13.8 Å². The molecule has 4 aromatic carbocycles. The van der Waals surface area contributed by atoms with Gasteiger partial charge in [-0.25, -0.2) is 0 Å². The fraction of sp³-hybridized carbons (Fsp3) is 0.235. The van der Waals surface area contributed by atoms with Crippen LogP contribution in [0.4, 0.5) is 0 Å². The van der Waals surface area contributed by atoms with Crippen LogP contribution in [0.15, 0.2) is 97.1 Å². The number of carbonyl (C=O) groups is 2. The van der Waals surface area contributed by atoms with Gasteiger partial charge in [-0.15, -0.1) is 0 Å². The zero-order valence-electron chi connectivity index (χ0n) is 24.3. The molecule has 0 amide bonds. The SMILES string of the molecule is CCc1c(Oc2ccccc2)cccc1C(C)C(=O)[O][Al][O]C(=O)C(C)c1cccc(Oc2ccccc2)c1CC.O. The van der Waals surface area contributed by atoms with Gasteiger partial charge in [0.15, 0.2) is 0 Å². The maximum atomic E-state index is 13.0. The maximum Gasteiger partial charge on any atom is 0.885 e. The van der Waals surface area contributed by atoms with Crippen LogP contribution in [0.3, 0.4) is 0 Å². The Kier molecular flexibility index (Phi) is 12.2. The highest BCUT2D eigenvalue weighted by molar-refractivity contribution is 6.26. The third-order valence-corrected chi connectivity index (χ3v) is 7.61. The largest absolute Gasteiger partial charge is 0.885 e. The first-order valence-corrected chi connectivity index (χ1v) is 14.8. The Morgan fingerprint density at radius 1 is 0.595 bits per heavy atom. The molecule has 0 aliphatic heterocycles. The number of hydrogen-bond acceptors (Lipinski definition) is 6. The molecule has 1 radical (unpaired) electrons. The van der Waals surface area contributed by atoms with Crippen molar-refractivity contribution in [1.82, 2.24) is 0 Å². The van der Waals surface area contributed by atoms with Crippen molar-refractivity contribution in [1.29, 1.82) is 0 Å². The van der Waals surface area contributed by atoms with Gasteiger partial charge in [-0.3, -0.25) is 9.59 Å². The predicted octanol–water partition coefficient (Wildman–Crippen LogP) is 7.10. The summed E-state index contributed by atoms with van der Waals surface area (Å²) in [5, 5.41) is 0. The van der Waals surface area contributed by atoms with Gasteiger partial charge >= 0.3 is 15.9 Å². The number of hydrogen-bond donors (Lipinski definition) is 0. The first kappa shape index (κ1) is 32.4. The summed E-state index contributed by atoms with van der Waals surface area (Å²) in [5.41, 5.74) is 3.53. The molecule has 42 heavy (non-hydrogen) atoms. The van der Waals surface area contributed by atoms with Crippen LogP contribution < -0.4 is 9.47 Å². The van der Waals surface area contributed by atoms with Gasteiger partial charge in [0.1, 0.15) is 23.0 Å². The highest BCUT2D eigenvalue weighted by Gasteiger charge is 2.26. The van der Waals surface area contributed by atoms with Crippen LogP contribution in [0.5, 0.6) is 23.0 Å². The lowest BCUT2D eigenvalue weighted by Crippen LogP contribution is -2.23. The topological polar surface area (TPSA) is 103 Å². The molecule has 0 aliphatic carbocycles. The monoisotopic (exact) mass is 583 g/mol. The van der Waals surface area contributed by atoms with Crippen molar-refractivity contribution in [2.75, 3.05) is 0 Å². The van der Waals surface area contributed by atoms with Gasteiger partial charge in [-0.2, -0.15) is 0 Å². The Morgan fingerprint density at radius 3 is 1.33 bits per heavy atom. The lowest BCUT2D eigenvalue weighted by Gasteiger charge is -2.20. The number of carbonyl (C=O) groups excluding carboxylic acids is 2. The molecule has 2 N–H and O–H groups in total. The summed E-state index contributed by atoms with van der Waals surface area (Å²) in [4.78, 5) is 25.9. The molecule has 0 fully saturated rings. The Morgan fingerprint density at radius 2 is 0.976 bits per heavy atom. The molecule has 2 unspecified atom stereocenters. The molecule has 0 saturated heterocycles. The highest BCUT2D eigenvalue weighted by Crippen LogP contribution is 2.34. The van der Waals surface area contributed by atoms with E-state index in [4.69, 9.17) is 17.1 Å². The molecule has 8 heteroatoms. The summed E-state index contributed by atoms with van der Waals surface area (Å²) >= 11 is -1.32. The molecule has 217 valence electrons. The van der Waals surface area contributed by atoms with Crippen LogP contribution in [0.2, 0.25) is 0 Å². The van der Waals surface area contributed by atoms with Crippen LogP contribution in [0.25, 0.3) is 0 Å². The molecule has 0 bridgehead atoms. The summed E-state index contributed by atoms with van der Waals surface area (Å²) in [6.07, 6.45) is 1.37. The molecule has 0 saturated carbocycles. The molecule has 2 atom stereocenters. The standard InChI is InChI=1S/2C17H18O3.Al.H2O/c2*1-3-14-15(12(2)17(18)19)10-7-11-16(14)20-13-8-5-4-6-9-13;;/h2*4-12H,3H2,1-2H3,(H,18,19);;1H2/q;;+2;/p-2. The molecule has 0 aliphatic rings. The summed E-state index contributed by atoms with van der Waals surface area (Å²) < 4.78 is 23.1. The van der Waals surface area contributed by atoms with Crippen LogP contribution >= 0.6 is 0 Å². The Balaban J connectivity index is 0.00000484. The second kappa shape index (κ2) is 15.8. The predicted molar refractivity (Wildman–Crippen MR) is 163 cm³/mol. The molecule has 4 aromatic rings. The van der Waals surface area contributed by atoms with E-state index in [0.29, 0.717) is 24.3 Å².